The summed E-state index contributed by atoms with van der Waals surface area (Å²) in [6.07, 6.45) is 2.63. The van der Waals surface area contributed by atoms with Gasteiger partial charge in [0.15, 0.2) is 0 Å². The van der Waals surface area contributed by atoms with Crippen molar-refractivity contribution in [2.24, 2.45) is 0 Å². The van der Waals surface area contributed by atoms with Crippen LogP contribution in [0.25, 0.3) is 0 Å². The molecule has 1 aromatic carbocycles. The maximum atomic E-state index is 12.5. The average molecular weight is 352 g/mol. The highest BCUT2D eigenvalue weighted by Gasteiger charge is 2.30. The molecule has 2 aliphatic rings. The number of nitrogens with zero attached hydrogens (tertiary/aromatic N) is 2. The molecule has 2 saturated heterocycles. The van der Waals surface area contributed by atoms with Gasteiger partial charge in [0.25, 0.3) is 0 Å². The largest absolute Gasteiger partial charge is 0.341 e. The average Bonchev–Trinajstić information content (AvgIpc) is 3.03. The van der Waals surface area contributed by atoms with Crippen molar-refractivity contribution in [1.29, 1.82) is 0 Å². The monoisotopic (exact) mass is 351 g/mol. The molecule has 1 N–H and O–H groups in total. The molecule has 0 aliphatic carbocycles. The van der Waals surface area contributed by atoms with Gasteiger partial charge in [-0.25, -0.2) is 0 Å². The number of carbonyl (C=O) groups excluding carboxylic acids is 1. The van der Waals surface area contributed by atoms with Crippen LogP contribution in [0.2, 0.25) is 0 Å². The summed E-state index contributed by atoms with van der Waals surface area (Å²) in [6.45, 7) is 10.5. The van der Waals surface area contributed by atoms with Gasteiger partial charge >= 0.3 is 0 Å². The fourth-order valence-electron chi connectivity index (χ4n) is 3.94. The van der Waals surface area contributed by atoms with Crippen LogP contribution < -0.4 is 5.32 Å². The third-order valence-corrected chi connectivity index (χ3v) is 5.09. The van der Waals surface area contributed by atoms with E-state index in [0.29, 0.717) is 18.4 Å². The van der Waals surface area contributed by atoms with E-state index in [0.717, 1.165) is 52.1 Å². The van der Waals surface area contributed by atoms with Crippen LogP contribution in [0.4, 0.5) is 0 Å². The molecule has 0 bridgehead atoms. The van der Waals surface area contributed by atoms with Gasteiger partial charge in [-0.3, -0.25) is 9.69 Å². The van der Waals surface area contributed by atoms with E-state index >= 15 is 0 Å². The van der Waals surface area contributed by atoms with Gasteiger partial charge in [0.05, 0.1) is 0 Å². The first-order valence-corrected chi connectivity index (χ1v) is 8.91. The summed E-state index contributed by atoms with van der Waals surface area (Å²) in [7, 11) is 0. The summed E-state index contributed by atoms with van der Waals surface area (Å²) in [5.41, 5.74) is 3.86. The van der Waals surface area contributed by atoms with Crippen molar-refractivity contribution in [2.45, 2.75) is 39.2 Å². The lowest BCUT2D eigenvalue weighted by Crippen LogP contribution is -2.49. The lowest BCUT2D eigenvalue weighted by atomic mass is 10.0. The quantitative estimate of drug-likeness (QED) is 0.903. The van der Waals surface area contributed by atoms with Crippen molar-refractivity contribution in [3.05, 3.63) is 34.9 Å². The Kier molecular flexibility index (Phi) is 7.08. The van der Waals surface area contributed by atoms with E-state index in [1.165, 1.54) is 16.7 Å². The SMILES string of the molecule is Cc1cc(C)cc(CCC(=O)N2CCC(N3CCNCC3)C2)c1.Cl. The molecular formula is C19H30ClN3O. The van der Waals surface area contributed by atoms with Gasteiger partial charge in [-0.2, -0.15) is 0 Å². The molecular weight excluding hydrogens is 322 g/mol. The molecule has 1 aromatic rings. The van der Waals surface area contributed by atoms with Crippen molar-refractivity contribution in [2.75, 3.05) is 39.3 Å². The van der Waals surface area contributed by atoms with Crippen molar-refractivity contribution >= 4 is 18.3 Å². The molecule has 5 heteroatoms. The first-order valence-electron chi connectivity index (χ1n) is 8.91. The molecule has 3 rings (SSSR count). The highest BCUT2D eigenvalue weighted by atomic mass is 35.5. The summed E-state index contributed by atoms with van der Waals surface area (Å²) in [6, 6.07) is 7.16. The number of piperazine rings is 1. The molecule has 2 fully saturated rings. The Morgan fingerprint density at radius 2 is 1.79 bits per heavy atom. The number of hydrogen-bond acceptors (Lipinski definition) is 3. The molecule has 0 radical (unpaired) electrons. The molecule has 1 unspecified atom stereocenters. The van der Waals surface area contributed by atoms with Crippen LogP contribution in [-0.4, -0.2) is 61.0 Å². The van der Waals surface area contributed by atoms with E-state index in [4.69, 9.17) is 0 Å². The molecule has 2 aliphatic heterocycles. The maximum Gasteiger partial charge on any atom is 0.222 e. The zero-order valence-corrected chi connectivity index (χ0v) is 15.7. The molecule has 2 heterocycles. The Morgan fingerprint density at radius 3 is 2.46 bits per heavy atom. The molecule has 0 aromatic heterocycles. The van der Waals surface area contributed by atoms with Gasteiger partial charge < -0.3 is 10.2 Å². The lowest BCUT2D eigenvalue weighted by Gasteiger charge is -2.32. The Balaban J connectivity index is 0.00000208. The number of rotatable bonds is 4. The van der Waals surface area contributed by atoms with Gasteiger partial charge in [-0.1, -0.05) is 29.3 Å². The number of carbonyl (C=O) groups is 1. The van der Waals surface area contributed by atoms with Crippen molar-refractivity contribution in [3.63, 3.8) is 0 Å². The summed E-state index contributed by atoms with van der Waals surface area (Å²) in [5, 5.41) is 3.40. The second-order valence-corrected chi connectivity index (χ2v) is 7.06. The first-order chi connectivity index (χ1) is 11.1. The van der Waals surface area contributed by atoms with E-state index in [9.17, 15) is 4.79 Å². The number of likely N-dealkylation sites (tertiary alicyclic amines) is 1. The van der Waals surface area contributed by atoms with E-state index in [1.807, 2.05) is 0 Å². The summed E-state index contributed by atoms with van der Waals surface area (Å²) in [4.78, 5) is 17.1. The van der Waals surface area contributed by atoms with Crippen LogP contribution >= 0.6 is 12.4 Å². The summed E-state index contributed by atoms with van der Waals surface area (Å²) in [5.74, 6) is 0.321. The van der Waals surface area contributed by atoms with Crippen LogP contribution in [0.5, 0.6) is 0 Å². The van der Waals surface area contributed by atoms with Crippen molar-refractivity contribution in [3.8, 4) is 0 Å². The number of halogens is 1. The van der Waals surface area contributed by atoms with Crippen LogP contribution in [0.3, 0.4) is 0 Å². The van der Waals surface area contributed by atoms with Gasteiger partial charge in [-0.15, -0.1) is 12.4 Å². The lowest BCUT2D eigenvalue weighted by molar-refractivity contribution is -0.130. The van der Waals surface area contributed by atoms with Gasteiger partial charge in [0.1, 0.15) is 0 Å². The first kappa shape index (κ1) is 19.2. The number of hydrogen-bond donors (Lipinski definition) is 1. The molecule has 24 heavy (non-hydrogen) atoms. The molecule has 1 amide bonds. The standard InChI is InChI=1S/C19H29N3O.ClH/c1-15-11-16(2)13-17(12-15)3-4-19(23)22-8-5-18(14-22)21-9-6-20-7-10-21;/h11-13,18,20H,3-10,14H2,1-2H3;1H. The van der Waals surface area contributed by atoms with E-state index in [-0.39, 0.29) is 12.4 Å². The highest BCUT2D eigenvalue weighted by Crippen LogP contribution is 2.18. The van der Waals surface area contributed by atoms with Gasteiger partial charge in [-0.05, 0) is 32.3 Å². The molecule has 134 valence electrons. The minimum Gasteiger partial charge on any atom is -0.341 e. The normalized spacial score (nSPS) is 21.6. The minimum absolute atomic E-state index is 0. The van der Waals surface area contributed by atoms with Crippen LogP contribution in [0.15, 0.2) is 18.2 Å². The van der Waals surface area contributed by atoms with E-state index < -0.39 is 0 Å². The van der Waals surface area contributed by atoms with Crippen molar-refractivity contribution < 1.29 is 4.79 Å². The summed E-state index contributed by atoms with van der Waals surface area (Å²) >= 11 is 0. The predicted molar refractivity (Wildman–Crippen MR) is 101 cm³/mol. The number of amides is 1. The Labute approximate surface area is 152 Å². The highest BCUT2D eigenvalue weighted by molar-refractivity contribution is 5.85. The maximum absolute atomic E-state index is 12.5. The molecule has 0 saturated carbocycles. The third kappa shape index (κ3) is 4.95. The molecule has 0 spiro atoms. The Morgan fingerprint density at radius 1 is 1.12 bits per heavy atom. The van der Waals surface area contributed by atoms with Crippen LogP contribution in [0, 0.1) is 13.8 Å². The molecule has 1 atom stereocenters. The third-order valence-electron chi connectivity index (χ3n) is 5.09. The zero-order chi connectivity index (χ0) is 16.2. The van der Waals surface area contributed by atoms with Crippen molar-refractivity contribution in [1.82, 2.24) is 15.1 Å². The number of nitrogens with one attached hydrogen (secondary N) is 1. The second-order valence-electron chi connectivity index (χ2n) is 7.06. The van der Waals surface area contributed by atoms with Gasteiger partial charge in [0.2, 0.25) is 5.91 Å². The van der Waals surface area contributed by atoms with Crippen LogP contribution in [0.1, 0.15) is 29.5 Å². The topological polar surface area (TPSA) is 35.6 Å². The Hall–Kier alpha value is -1.10. The van der Waals surface area contributed by atoms with Gasteiger partial charge in [0, 0.05) is 51.7 Å². The second kappa shape index (κ2) is 8.84. The van der Waals surface area contributed by atoms with E-state index in [1.54, 1.807) is 0 Å². The zero-order valence-electron chi connectivity index (χ0n) is 14.9. The van der Waals surface area contributed by atoms with Crippen LogP contribution in [-0.2, 0) is 11.2 Å². The Bertz CT molecular complexity index is 537. The number of aryl methyl sites for hydroxylation is 3. The fourth-order valence-corrected chi connectivity index (χ4v) is 3.94. The predicted octanol–water partition coefficient (Wildman–Crippen LogP) is 2.16. The minimum atomic E-state index is 0. The number of benzene rings is 1. The summed E-state index contributed by atoms with van der Waals surface area (Å²) < 4.78 is 0. The smallest absolute Gasteiger partial charge is 0.222 e. The molecule has 4 nitrogen and oxygen atoms in total. The fraction of sp³-hybridized carbons (Fsp3) is 0.632. The van der Waals surface area contributed by atoms with E-state index in [2.05, 4.69) is 47.2 Å².